The van der Waals surface area contributed by atoms with E-state index in [2.05, 4.69) is 0 Å². The molecule has 0 saturated carbocycles. The molecular weight excluding hydrogens is 290 g/mol. The summed E-state index contributed by atoms with van der Waals surface area (Å²) >= 11 is 0. The Hall–Kier alpha value is 2.49. The maximum atomic E-state index is 0. The van der Waals surface area contributed by atoms with Gasteiger partial charge in [-0.2, -0.15) is 9.90 Å². The molecule has 0 aromatic carbocycles. The summed E-state index contributed by atoms with van der Waals surface area (Å²) in [5.74, 6) is 0. The summed E-state index contributed by atoms with van der Waals surface area (Å²) in [4.78, 5) is 0. The summed E-state index contributed by atoms with van der Waals surface area (Å²) in [7, 11) is 0. The van der Waals surface area contributed by atoms with E-state index >= 15 is 0 Å². The van der Waals surface area contributed by atoms with E-state index in [1.807, 2.05) is 0 Å². The molecule has 0 amide bonds. The van der Waals surface area contributed by atoms with Crippen molar-refractivity contribution in [2.75, 3.05) is 0 Å². The van der Waals surface area contributed by atoms with Gasteiger partial charge in [-0.15, -0.1) is 0 Å². The largest absolute Gasteiger partial charge is 0.153 e. The molecular formula is H3AsGaInP. The molecule has 0 saturated heterocycles. The van der Waals surface area contributed by atoms with Crippen LogP contribution >= 0.6 is 9.90 Å². The van der Waals surface area contributed by atoms with Gasteiger partial charge in [0, 0.05) is 63.6 Å². The Balaban J connectivity index is 0. The van der Waals surface area contributed by atoms with Crippen molar-refractivity contribution < 1.29 is 0 Å². The van der Waals surface area contributed by atoms with E-state index in [4.69, 9.17) is 0 Å². The van der Waals surface area contributed by atoms with Gasteiger partial charge < -0.3 is 0 Å². The summed E-state index contributed by atoms with van der Waals surface area (Å²) in [6.45, 7) is 0. The predicted molar refractivity (Wildman–Crippen MR) is 28.4 cm³/mol. The van der Waals surface area contributed by atoms with Crippen LogP contribution in [0.2, 0.25) is 0 Å². The van der Waals surface area contributed by atoms with Crippen molar-refractivity contribution in [3.8, 4) is 0 Å². The Labute approximate surface area is 72.6 Å². The minimum atomic E-state index is 0. The molecule has 0 aliphatic rings. The zero-order valence-corrected chi connectivity index (χ0v) is 11.3. The van der Waals surface area contributed by atoms with E-state index in [9.17, 15) is 0 Å². The SMILES string of the molecule is P.[As].[Ga].[In]. The van der Waals surface area contributed by atoms with Crippen LogP contribution in [0.25, 0.3) is 0 Å². The van der Waals surface area contributed by atoms with Crippen molar-refractivity contribution in [2.24, 2.45) is 0 Å². The summed E-state index contributed by atoms with van der Waals surface area (Å²) in [6.07, 6.45) is 0. The predicted octanol–water partition coefficient (Wildman–Crippen LogP) is -1.08. The molecule has 1 unspecified atom stereocenters. The van der Waals surface area contributed by atoms with E-state index < -0.39 is 0 Å². The first-order chi connectivity index (χ1) is 0. The molecule has 0 N–H and O–H groups in total. The van der Waals surface area contributed by atoms with Crippen LogP contribution in [0.4, 0.5) is 0 Å². The molecule has 19 valence electrons. The van der Waals surface area contributed by atoms with Crippen LogP contribution in [0.3, 0.4) is 0 Å². The maximum Gasteiger partial charge on any atom is 0 e. The minimum absolute atomic E-state index is 0. The second-order valence-electron chi connectivity index (χ2n) is 0. The zero-order valence-electron chi connectivity index (χ0n) is 2.31. The quantitative estimate of drug-likeness (QED) is 0.394. The van der Waals surface area contributed by atoms with Gasteiger partial charge in [0.05, 0.1) is 0 Å². The standard InChI is InChI=1S/As.Ga.In.H3P/h;;;1H3. The van der Waals surface area contributed by atoms with E-state index in [1.165, 1.54) is 0 Å². The Kier molecular flexibility index (Phi) is 140. The summed E-state index contributed by atoms with van der Waals surface area (Å²) in [5.41, 5.74) is 0. The molecule has 0 bridgehead atoms. The molecule has 0 aromatic heterocycles. The Morgan fingerprint density at radius 1 is 1.00 bits per heavy atom. The van der Waals surface area contributed by atoms with Crippen LogP contribution in [0.15, 0.2) is 0 Å². The van der Waals surface area contributed by atoms with Crippen LogP contribution in [0.1, 0.15) is 0 Å². The third kappa shape index (κ3) is 8.82. The van der Waals surface area contributed by atoms with Gasteiger partial charge in [-0.3, -0.25) is 0 Å². The molecule has 4 heavy (non-hydrogen) atoms. The van der Waals surface area contributed by atoms with Gasteiger partial charge in [0.1, 0.15) is 0 Å². The van der Waals surface area contributed by atoms with Crippen LogP contribution in [-0.4, -0.2) is 63.6 Å². The van der Waals surface area contributed by atoms with Crippen molar-refractivity contribution in [1.29, 1.82) is 0 Å². The van der Waals surface area contributed by atoms with Crippen molar-refractivity contribution in [1.82, 2.24) is 0 Å². The van der Waals surface area contributed by atoms with E-state index in [1.54, 1.807) is 0 Å². The van der Waals surface area contributed by atoms with Crippen LogP contribution in [0.5, 0.6) is 0 Å². The van der Waals surface area contributed by atoms with Gasteiger partial charge in [0.25, 0.3) is 0 Å². The number of rotatable bonds is 0. The average Bonchev–Trinajstić information content (AvgIpc) is 0. The molecule has 0 rings (SSSR count). The first-order valence-electron chi connectivity index (χ1n) is 0. The molecule has 0 aliphatic heterocycles. The third-order valence-electron chi connectivity index (χ3n) is 0. The molecule has 0 aliphatic carbocycles. The van der Waals surface area contributed by atoms with E-state index in [-0.39, 0.29) is 73.5 Å². The molecule has 0 heterocycles. The van der Waals surface area contributed by atoms with E-state index in [0.717, 1.165) is 0 Å². The minimum Gasteiger partial charge on any atom is -0.153 e. The average molecular weight is 293 g/mol. The first-order valence-corrected chi connectivity index (χ1v) is 0. The summed E-state index contributed by atoms with van der Waals surface area (Å²) in [6, 6.07) is 0. The first kappa shape index (κ1) is 31.5. The van der Waals surface area contributed by atoms with Crippen molar-refractivity contribution in [3.05, 3.63) is 0 Å². The van der Waals surface area contributed by atoms with Gasteiger partial charge in [-0.1, -0.05) is 0 Å². The molecule has 0 nitrogen and oxygen atoms in total. The molecule has 9 radical (unpaired) electrons. The fourth-order valence-corrected chi connectivity index (χ4v) is 0. The van der Waals surface area contributed by atoms with Gasteiger partial charge in [-0.25, -0.2) is 0 Å². The summed E-state index contributed by atoms with van der Waals surface area (Å²) in [5, 5.41) is 0. The van der Waals surface area contributed by atoms with Gasteiger partial charge in [-0.05, 0) is 0 Å². The van der Waals surface area contributed by atoms with E-state index in [0.29, 0.717) is 0 Å². The maximum absolute atomic E-state index is 0. The van der Waals surface area contributed by atoms with Gasteiger partial charge in [0.15, 0.2) is 0 Å². The van der Waals surface area contributed by atoms with Crippen molar-refractivity contribution in [2.45, 2.75) is 0 Å². The molecule has 4 heteroatoms. The topological polar surface area (TPSA) is 0 Å². The fraction of sp³-hybridized carbons (Fsp3) is 0. The summed E-state index contributed by atoms with van der Waals surface area (Å²) < 4.78 is 0. The molecule has 0 aromatic rings. The van der Waals surface area contributed by atoms with Crippen molar-refractivity contribution >= 4 is 73.5 Å². The normalized spacial score (nSPS) is 0. The van der Waals surface area contributed by atoms with Crippen LogP contribution < -0.4 is 0 Å². The van der Waals surface area contributed by atoms with Crippen LogP contribution in [-0.2, 0) is 0 Å². The molecule has 0 fully saturated rings. The Morgan fingerprint density at radius 2 is 1.00 bits per heavy atom. The third-order valence-corrected chi connectivity index (χ3v) is 0. The Bertz CT molecular complexity index is 8.00. The molecule has 1 atom stereocenters. The molecule has 0 spiro atoms. The smallest absolute Gasteiger partial charge is 0 e. The van der Waals surface area contributed by atoms with Crippen molar-refractivity contribution in [3.63, 3.8) is 0 Å². The monoisotopic (exact) mass is 293 g/mol. The fourth-order valence-electron chi connectivity index (χ4n) is 0. The number of hydrogen-bond acceptors (Lipinski definition) is 0. The van der Waals surface area contributed by atoms with Crippen LogP contribution in [0, 0.1) is 0 Å². The second kappa shape index (κ2) is 17.8. The Morgan fingerprint density at radius 3 is 1.00 bits per heavy atom. The van der Waals surface area contributed by atoms with Gasteiger partial charge in [0.2, 0.25) is 0 Å². The zero-order chi connectivity index (χ0) is 0. The number of hydrogen-bond donors (Lipinski definition) is 0. The van der Waals surface area contributed by atoms with Gasteiger partial charge >= 0.3 is 0 Å². The second-order valence-corrected chi connectivity index (χ2v) is 0.